The molecule has 0 radical (unpaired) electrons. The number of rotatable bonds is 10. The van der Waals surface area contributed by atoms with E-state index in [2.05, 4.69) is 40.5 Å². The van der Waals surface area contributed by atoms with Gasteiger partial charge in [-0.15, -0.1) is 10.2 Å². The van der Waals surface area contributed by atoms with Crippen LogP contribution in [0.1, 0.15) is 24.7 Å². The molecule has 5 aromatic rings. The lowest BCUT2D eigenvalue weighted by atomic mass is 10.0. The number of nitrogens with zero attached hydrogens (tertiary/aromatic N) is 10. The molecule has 17 heteroatoms. The predicted octanol–water partition coefficient (Wildman–Crippen LogP) is 4.59. The van der Waals surface area contributed by atoms with Crippen molar-refractivity contribution in [1.29, 1.82) is 0 Å². The first kappa shape index (κ1) is 26.3. The normalized spacial score (nSPS) is 12.5. The molecule has 0 amide bonds. The van der Waals surface area contributed by atoms with E-state index in [0.717, 1.165) is 6.20 Å². The van der Waals surface area contributed by atoms with Crippen molar-refractivity contribution in [3.05, 3.63) is 72.0 Å². The van der Waals surface area contributed by atoms with E-state index < -0.39 is 25.0 Å². The van der Waals surface area contributed by atoms with Gasteiger partial charge in [-0.05, 0) is 35.0 Å². The van der Waals surface area contributed by atoms with Crippen LogP contribution in [0.5, 0.6) is 0 Å². The lowest BCUT2D eigenvalue weighted by Crippen LogP contribution is -2.14. The third-order valence-corrected chi connectivity index (χ3v) is 6.00. The van der Waals surface area contributed by atoms with Gasteiger partial charge in [-0.25, -0.2) is 9.37 Å². The molecular weight excluding hydrogens is 551 g/mol. The van der Waals surface area contributed by atoms with E-state index in [-0.39, 0.29) is 35.0 Å². The summed E-state index contributed by atoms with van der Waals surface area (Å²) in [5, 5.41) is 17.7. The number of hydrogen-bond acceptors (Lipinski definition) is 8. The fraction of sp³-hybridized carbons (Fsp3) is 0.227. The summed E-state index contributed by atoms with van der Waals surface area (Å²) >= 11 is 6.02. The second-order valence-corrected chi connectivity index (χ2v) is 8.37. The Morgan fingerprint density at radius 2 is 1.79 bits per heavy atom. The first-order chi connectivity index (χ1) is 18.8. The summed E-state index contributed by atoms with van der Waals surface area (Å²) in [6.45, 7) is -6.27. The Balaban J connectivity index is 1.50. The minimum atomic E-state index is -2.98. The molecule has 39 heavy (non-hydrogen) atoms. The zero-order valence-electron chi connectivity index (χ0n) is 19.5. The molecule has 1 unspecified atom stereocenters. The van der Waals surface area contributed by atoms with E-state index in [9.17, 15) is 17.6 Å². The summed E-state index contributed by atoms with van der Waals surface area (Å²) in [5.41, 5.74) is 1.20. The molecule has 0 aliphatic heterocycles. The minimum Gasteiger partial charge on any atom is -0.328 e. The van der Waals surface area contributed by atoms with Crippen LogP contribution in [0.3, 0.4) is 0 Å². The third-order valence-electron chi connectivity index (χ3n) is 5.70. The van der Waals surface area contributed by atoms with Crippen molar-refractivity contribution in [3.63, 3.8) is 0 Å². The predicted molar refractivity (Wildman–Crippen MR) is 125 cm³/mol. The Kier molecular flexibility index (Phi) is 7.56. The van der Waals surface area contributed by atoms with Gasteiger partial charge >= 0.3 is 13.2 Å². The number of alkyl halides is 4. The number of pyridine rings is 1. The fourth-order valence-electron chi connectivity index (χ4n) is 3.96. The molecule has 1 aromatic carbocycles. The molecule has 4 heterocycles. The van der Waals surface area contributed by atoms with Crippen molar-refractivity contribution in [3.8, 4) is 28.2 Å². The second-order valence-electron chi connectivity index (χ2n) is 7.97. The van der Waals surface area contributed by atoms with Crippen molar-refractivity contribution in [2.45, 2.75) is 25.6 Å². The smallest absolute Gasteiger partial charge is 0.328 e. The van der Waals surface area contributed by atoms with E-state index in [1.807, 2.05) is 0 Å². The lowest BCUT2D eigenvalue weighted by molar-refractivity contribution is -0.130. The monoisotopic (exact) mass is 566 g/mol. The van der Waals surface area contributed by atoms with Crippen LogP contribution >= 0.6 is 11.6 Å². The zero-order valence-corrected chi connectivity index (χ0v) is 20.2. The topological polar surface area (TPSA) is 114 Å². The summed E-state index contributed by atoms with van der Waals surface area (Å²) < 4.78 is 74.5. The summed E-state index contributed by atoms with van der Waals surface area (Å²) in [4.78, 5) is 8.57. The molecule has 202 valence electrons. The highest BCUT2D eigenvalue weighted by molar-refractivity contribution is 6.31. The molecule has 1 atom stereocenters. The molecule has 0 bridgehead atoms. The van der Waals surface area contributed by atoms with Gasteiger partial charge in [0.25, 0.3) is 0 Å². The first-order valence-electron chi connectivity index (χ1n) is 11.1. The highest BCUT2D eigenvalue weighted by Gasteiger charge is 2.22. The Morgan fingerprint density at radius 3 is 2.49 bits per heavy atom. The van der Waals surface area contributed by atoms with Crippen LogP contribution in [0.25, 0.3) is 28.2 Å². The maximum atomic E-state index is 15.1. The molecule has 0 saturated heterocycles. The van der Waals surface area contributed by atoms with Gasteiger partial charge in [0.15, 0.2) is 5.82 Å². The zero-order chi connectivity index (χ0) is 27.5. The van der Waals surface area contributed by atoms with E-state index in [1.165, 1.54) is 40.4 Å². The third kappa shape index (κ3) is 5.46. The van der Waals surface area contributed by atoms with Gasteiger partial charge in [0.1, 0.15) is 17.7 Å². The van der Waals surface area contributed by atoms with E-state index in [1.54, 1.807) is 18.2 Å². The molecule has 11 nitrogen and oxygen atoms in total. The van der Waals surface area contributed by atoms with Crippen molar-refractivity contribution >= 4 is 11.6 Å². The quantitative estimate of drug-likeness (QED) is 0.226. The number of hydrogen-bond donors (Lipinski definition) is 0. The SMILES string of the molecule is Fc1c(Cl)ccc(-n2cnnn2)c1-c1ccc(C(CCOC(F)F)n2cnc(-c3cnnn3C(F)F)c2)nc1. The van der Waals surface area contributed by atoms with Crippen LogP contribution in [0.15, 0.2) is 55.5 Å². The minimum absolute atomic E-state index is 0.0280. The number of aromatic nitrogens is 10. The Morgan fingerprint density at radius 1 is 0.949 bits per heavy atom. The van der Waals surface area contributed by atoms with Crippen LogP contribution in [0.2, 0.25) is 5.02 Å². The Labute approximate surface area is 220 Å². The van der Waals surface area contributed by atoms with Crippen molar-refractivity contribution < 1.29 is 26.7 Å². The van der Waals surface area contributed by atoms with Gasteiger partial charge in [0.05, 0.1) is 41.6 Å². The maximum absolute atomic E-state index is 15.1. The molecule has 0 fully saturated rings. The number of tetrazole rings is 1. The Hall–Kier alpha value is -4.31. The average Bonchev–Trinajstić information content (AvgIpc) is 3.70. The summed E-state index contributed by atoms with van der Waals surface area (Å²) in [6, 6.07) is 5.35. The van der Waals surface area contributed by atoms with Crippen LogP contribution in [0, 0.1) is 5.82 Å². The number of halogens is 6. The van der Waals surface area contributed by atoms with Crippen LogP contribution in [-0.4, -0.2) is 63.0 Å². The summed E-state index contributed by atoms with van der Waals surface area (Å²) in [7, 11) is 0. The molecule has 5 rings (SSSR count). The second kappa shape index (κ2) is 11.2. The van der Waals surface area contributed by atoms with Gasteiger partial charge in [0.2, 0.25) is 0 Å². The maximum Gasteiger partial charge on any atom is 0.345 e. The summed E-state index contributed by atoms with van der Waals surface area (Å²) in [6.07, 6.45) is 6.61. The van der Waals surface area contributed by atoms with E-state index in [0.29, 0.717) is 21.6 Å². The van der Waals surface area contributed by atoms with E-state index >= 15 is 4.39 Å². The highest BCUT2D eigenvalue weighted by Crippen LogP contribution is 2.34. The van der Waals surface area contributed by atoms with Gasteiger partial charge in [-0.3, -0.25) is 4.98 Å². The van der Waals surface area contributed by atoms with Crippen LogP contribution in [0.4, 0.5) is 22.0 Å². The van der Waals surface area contributed by atoms with Crippen molar-refractivity contribution in [2.75, 3.05) is 6.61 Å². The largest absolute Gasteiger partial charge is 0.345 e. The Bertz CT molecular complexity index is 1540. The van der Waals surface area contributed by atoms with Gasteiger partial charge in [-0.2, -0.15) is 26.9 Å². The molecule has 0 N–H and O–H groups in total. The fourth-order valence-corrected chi connectivity index (χ4v) is 4.11. The van der Waals surface area contributed by atoms with Gasteiger partial charge < -0.3 is 9.30 Å². The highest BCUT2D eigenvalue weighted by atomic mass is 35.5. The van der Waals surface area contributed by atoms with Gasteiger partial charge in [0, 0.05) is 23.5 Å². The summed E-state index contributed by atoms with van der Waals surface area (Å²) in [5.74, 6) is -0.718. The van der Waals surface area contributed by atoms with Crippen LogP contribution < -0.4 is 0 Å². The van der Waals surface area contributed by atoms with E-state index in [4.69, 9.17) is 11.6 Å². The molecule has 0 spiro atoms. The average molecular weight is 567 g/mol. The number of imidazole rings is 1. The molecular formula is C22H16ClF5N10O. The van der Waals surface area contributed by atoms with Crippen LogP contribution in [-0.2, 0) is 4.74 Å². The lowest BCUT2D eigenvalue weighted by Gasteiger charge is -2.19. The first-order valence-corrected chi connectivity index (χ1v) is 11.5. The number of benzene rings is 1. The standard InChI is InChI=1S/C22H16ClF5N10O/c23-13-2-4-17(37-11-32-33-35-37)19(20(13)24)12-1-3-14(29-7-12)16(5-6-39-22(27)28)36-9-15(30-10-36)18-8-31-34-38(18)21(25)26/h1-4,7-11,16,21-22H,5-6H2. The van der Waals surface area contributed by atoms with Crippen molar-refractivity contribution in [2.24, 2.45) is 0 Å². The molecule has 0 aliphatic rings. The molecule has 0 aliphatic carbocycles. The molecule has 0 saturated carbocycles. The van der Waals surface area contributed by atoms with Crippen molar-refractivity contribution in [1.82, 2.24) is 49.7 Å². The molecule has 4 aromatic heterocycles. The van der Waals surface area contributed by atoms with Gasteiger partial charge in [-0.1, -0.05) is 22.9 Å². The number of ether oxygens (including phenoxy) is 1.